The molecule has 0 unspecified atom stereocenters. The van der Waals surface area contributed by atoms with Gasteiger partial charge in [0.2, 0.25) is 0 Å². The molecule has 0 atom stereocenters. The molecular formula is C23H20F2N2O2. The number of anilines is 1. The molecule has 0 aliphatic carbocycles. The standard InChI is InChI=1S/C23H20F2N2O2/c24-23(25,22(28)29)14-16-9-11-20(12-10-16)27-15-17-5-4-8-19(13-17)21(26)18-6-2-1-3-7-18/h1-13,26-27H,14-15H2,(H,28,29). The van der Waals surface area contributed by atoms with Crippen molar-refractivity contribution in [3.63, 3.8) is 0 Å². The first-order valence-corrected chi connectivity index (χ1v) is 9.02. The van der Waals surface area contributed by atoms with Crippen LogP contribution in [0.5, 0.6) is 0 Å². The molecule has 6 heteroatoms. The third kappa shape index (κ3) is 5.25. The Labute approximate surface area is 167 Å². The molecule has 3 N–H and O–H groups in total. The maximum absolute atomic E-state index is 13.3. The normalized spacial score (nSPS) is 11.1. The molecular weight excluding hydrogens is 374 g/mol. The van der Waals surface area contributed by atoms with Crippen molar-refractivity contribution in [3.8, 4) is 0 Å². The molecule has 148 valence electrons. The second-order valence-electron chi connectivity index (χ2n) is 6.68. The summed E-state index contributed by atoms with van der Waals surface area (Å²) >= 11 is 0. The van der Waals surface area contributed by atoms with Crippen LogP contribution in [0, 0.1) is 5.41 Å². The Morgan fingerprint density at radius 1 is 0.897 bits per heavy atom. The van der Waals surface area contributed by atoms with Gasteiger partial charge < -0.3 is 10.4 Å². The lowest BCUT2D eigenvalue weighted by Crippen LogP contribution is -2.30. The monoisotopic (exact) mass is 394 g/mol. The maximum atomic E-state index is 13.3. The lowest BCUT2D eigenvalue weighted by Gasteiger charge is -2.12. The number of benzene rings is 3. The highest BCUT2D eigenvalue weighted by Crippen LogP contribution is 2.22. The van der Waals surface area contributed by atoms with Gasteiger partial charge >= 0.3 is 11.9 Å². The summed E-state index contributed by atoms with van der Waals surface area (Å²) in [5.41, 5.74) is 4.05. The number of aliphatic carboxylic acids is 1. The summed E-state index contributed by atoms with van der Waals surface area (Å²) in [5.74, 6) is -5.90. The minimum atomic E-state index is -3.78. The summed E-state index contributed by atoms with van der Waals surface area (Å²) in [6.07, 6.45) is -0.841. The molecule has 0 heterocycles. The van der Waals surface area contributed by atoms with Crippen LogP contribution in [0.4, 0.5) is 14.5 Å². The number of hydrogen-bond donors (Lipinski definition) is 3. The van der Waals surface area contributed by atoms with Crippen LogP contribution in [0.15, 0.2) is 78.9 Å². The average Bonchev–Trinajstić information content (AvgIpc) is 2.73. The molecule has 3 rings (SSSR count). The van der Waals surface area contributed by atoms with Crippen LogP contribution in [-0.2, 0) is 17.8 Å². The van der Waals surface area contributed by atoms with Crippen molar-refractivity contribution in [1.29, 1.82) is 5.41 Å². The van der Waals surface area contributed by atoms with Gasteiger partial charge in [-0.3, -0.25) is 5.41 Å². The minimum Gasteiger partial charge on any atom is -0.477 e. The van der Waals surface area contributed by atoms with E-state index in [4.69, 9.17) is 10.5 Å². The molecule has 0 aliphatic heterocycles. The predicted octanol–water partition coefficient (Wildman–Crippen LogP) is 4.98. The van der Waals surface area contributed by atoms with Crippen molar-refractivity contribution >= 4 is 17.4 Å². The van der Waals surface area contributed by atoms with E-state index in [1.54, 1.807) is 12.1 Å². The summed E-state index contributed by atoms with van der Waals surface area (Å²) in [6.45, 7) is 0.501. The Morgan fingerprint density at radius 2 is 1.55 bits per heavy atom. The van der Waals surface area contributed by atoms with Gasteiger partial charge in [-0.05, 0) is 34.9 Å². The topological polar surface area (TPSA) is 73.2 Å². The van der Waals surface area contributed by atoms with Crippen LogP contribution in [0.2, 0.25) is 0 Å². The Balaban J connectivity index is 1.63. The van der Waals surface area contributed by atoms with Gasteiger partial charge in [-0.1, -0.05) is 60.7 Å². The molecule has 0 spiro atoms. The SMILES string of the molecule is N=C(c1ccccc1)c1cccc(CNc2ccc(CC(F)(F)C(=O)O)cc2)c1. The van der Waals surface area contributed by atoms with E-state index in [0.29, 0.717) is 12.3 Å². The van der Waals surface area contributed by atoms with Crippen molar-refractivity contribution in [2.75, 3.05) is 5.32 Å². The van der Waals surface area contributed by atoms with Crippen molar-refractivity contribution in [2.24, 2.45) is 0 Å². The molecule has 3 aromatic rings. The molecule has 0 fully saturated rings. The molecule has 0 saturated carbocycles. The highest BCUT2D eigenvalue weighted by atomic mass is 19.3. The van der Waals surface area contributed by atoms with Gasteiger partial charge in [0.15, 0.2) is 0 Å². The maximum Gasteiger partial charge on any atom is 0.374 e. The Morgan fingerprint density at radius 3 is 2.21 bits per heavy atom. The van der Waals surface area contributed by atoms with Crippen LogP contribution < -0.4 is 5.32 Å². The number of hydrogen-bond acceptors (Lipinski definition) is 3. The Kier molecular flexibility index (Phi) is 6.02. The van der Waals surface area contributed by atoms with Crippen LogP contribution in [0.3, 0.4) is 0 Å². The van der Waals surface area contributed by atoms with E-state index in [-0.39, 0.29) is 5.56 Å². The number of rotatable bonds is 8. The average molecular weight is 394 g/mol. The third-order valence-corrected chi connectivity index (χ3v) is 4.47. The van der Waals surface area contributed by atoms with E-state index >= 15 is 0 Å². The number of alkyl halides is 2. The highest BCUT2D eigenvalue weighted by molar-refractivity contribution is 6.10. The molecule has 3 aromatic carbocycles. The minimum absolute atomic E-state index is 0.251. The fourth-order valence-electron chi connectivity index (χ4n) is 2.88. The molecule has 0 amide bonds. The summed E-state index contributed by atoms with van der Waals surface area (Å²) < 4.78 is 26.6. The van der Waals surface area contributed by atoms with Crippen molar-refractivity contribution in [1.82, 2.24) is 0 Å². The quantitative estimate of drug-likeness (QED) is 0.472. The zero-order valence-corrected chi connectivity index (χ0v) is 15.5. The van der Waals surface area contributed by atoms with Gasteiger partial charge in [0.25, 0.3) is 0 Å². The third-order valence-electron chi connectivity index (χ3n) is 4.47. The van der Waals surface area contributed by atoms with Gasteiger partial charge in [0, 0.05) is 24.2 Å². The second kappa shape index (κ2) is 8.65. The van der Waals surface area contributed by atoms with E-state index < -0.39 is 18.3 Å². The lowest BCUT2D eigenvalue weighted by molar-refractivity contribution is -0.164. The van der Waals surface area contributed by atoms with Gasteiger partial charge in [-0.25, -0.2) is 4.79 Å². The largest absolute Gasteiger partial charge is 0.477 e. The summed E-state index contributed by atoms with van der Waals surface area (Å²) in [6, 6.07) is 23.4. The first-order chi connectivity index (χ1) is 13.8. The number of halogens is 2. The summed E-state index contributed by atoms with van der Waals surface area (Å²) in [4.78, 5) is 10.5. The van der Waals surface area contributed by atoms with Crippen molar-refractivity contribution in [2.45, 2.75) is 18.9 Å². The van der Waals surface area contributed by atoms with Crippen LogP contribution in [0.1, 0.15) is 22.3 Å². The number of carboxylic acid groups (broad SMARTS) is 1. The van der Waals surface area contributed by atoms with Crippen LogP contribution in [-0.4, -0.2) is 22.7 Å². The Bertz CT molecular complexity index is 1000. The molecule has 4 nitrogen and oxygen atoms in total. The first-order valence-electron chi connectivity index (χ1n) is 9.02. The zero-order valence-electron chi connectivity index (χ0n) is 15.5. The number of carboxylic acids is 1. The van der Waals surface area contributed by atoms with E-state index in [1.807, 2.05) is 54.6 Å². The van der Waals surface area contributed by atoms with E-state index in [0.717, 1.165) is 22.4 Å². The van der Waals surface area contributed by atoms with E-state index in [2.05, 4.69) is 5.32 Å². The molecule has 0 radical (unpaired) electrons. The molecule has 0 bridgehead atoms. The molecule has 0 aromatic heterocycles. The molecule has 0 aliphatic rings. The van der Waals surface area contributed by atoms with E-state index in [1.165, 1.54) is 12.1 Å². The molecule has 0 saturated heterocycles. The fraction of sp³-hybridized carbons (Fsp3) is 0.130. The van der Waals surface area contributed by atoms with Crippen LogP contribution in [0.25, 0.3) is 0 Å². The first kappa shape index (κ1) is 20.2. The zero-order chi connectivity index (χ0) is 20.9. The smallest absolute Gasteiger partial charge is 0.374 e. The summed E-state index contributed by atoms with van der Waals surface area (Å²) in [5, 5.41) is 20.1. The van der Waals surface area contributed by atoms with Crippen molar-refractivity contribution < 1.29 is 18.7 Å². The predicted molar refractivity (Wildman–Crippen MR) is 109 cm³/mol. The molecule has 29 heavy (non-hydrogen) atoms. The van der Waals surface area contributed by atoms with E-state index in [9.17, 15) is 13.6 Å². The fourth-order valence-corrected chi connectivity index (χ4v) is 2.88. The summed E-state index contributed by atoms with van der Waals surface area (Å²) in [7, 11) is 0. The van der Waals surface area contributed by atoms with Crippen molar-refractivity contribution in [3.05, 3.63) is 101 Å². The number of nitrogens with one attached hydrogen (secondary N) is 2. The lowest BCUT2D eigenvalue weighted by atomic mass is 10.0. The van der Waals surface area contributed by atoms with Gasteiger partial charge in [-0.2, -0.15) is 8.78 Å². The van der Waals surface area contributed by atoms with Crippen LogP contribution >= 0.6 is 0 Å². The second-order valence-corrected chi connectivity index (χ2v) is 6.68. The highest BCUT2D eigenvalue weighted by Gasteiger charge is 2.38. The van der Waals surface area contributed by atoms with Gasteiger partial charge in [-0.15, -0.1) is 0 Å². The van der Waals surface area contributed by atoms with Gasteiger partial charge in [0.05, 0.1) is 5.71 Å². The number of carbonyl (C=O) groups is 1. The Hall–Kier alpha value is -3.54. The van der Waals surface area contributed by atoms with Gasteiger partial charge in [0.1, 0.15) is 0 Å².